The Kier molecular flexibility index (Phi) is 4.34. The molecule has 2 rings (SSSR count). The third-order valence-electron chi connectivity index (χ3n) is 2.60. The summed E-state index contributed by atoms with van der Waals surface area (Å²) in [6.45, 7) is 0. The highest BCUT2D eigenvalue weighted by Crippen LogP contribution is 2.31. The summed E-state index contributed by atoms with van der Waals surface area (Å²) in [4.78, 5) is 26.4. The summed E-state index contributed by atoms with van der Waals surface area (Å²) in [6, 6.07) is 7.11. The summed E-state index contributed by atoms with van der Waals surface area (Å²) in [5, 5.41) is 13.8. The second-order valence-corrected chi connectivity index (χ2v) is 4.36. The maximum atomic E-state index is 12.2. The van der Waals surface area contributed by atoms with Crippen molar-refractivity contribution in [2.45, 2.75) is 0 Å². The number of nitrogens with one attached hydrogen (secondary N) is 1. The van der Waals surface area contributed by atoms with Crippen molar-refractivity contribution in [2.24, 2.45) is 0 Å². The highest BCUT2D eigenvalue weighted by Gasteiger charge is 2.22. The van der Waals surface area contributed by atoms with Crippen LogP contribution in [0.3, 0.4) is 0 Å². The van der Waals surface area contributed by atoms with Crippen LogP contribution >= 0.6 is 11.6 Å². The van der Waals surface area contributed by atoms with E-state index >= 15 is 0 Å². The van der Waals surface area contributed by atoms with E-state index in [1.807, 2.05) is 0 Å². The third kappa shape index (κ3) is 3.26. The summed E-state index contributed by atoms with van der Waals surface area (Å²) in [5.74, 6) is -0.451. The molecule has 1 amide bonds. The molecule has 0 aliphatic carbocycles. The predicted octanol–water partition coefficient (Wildman–Crippen LogP) is 2.90. The van der Waals surface area contributed by atoms with Gasteiger partial charge in [0.1, 0.15) is 5.82 Å². The normalized spacial score (nSPS) is 10.0. The Morgan fingerprint density at radius 3 is 2.81 bits per heavy atom. The zero-order chi connectivity index (χ0) is 15.4. The van der Waals surface area contributed by atoms with E-state index in [9.17, 15) is 14.9 Å². The number of nitrogens with zero attached hydrogens (tertiary/aromatic N) is 2. The highest BCUT2D eigenvalue weighted by atomic mass is 35.5. The molecule has 0 unspecified atom stereocenters. The van der Waals surface area contributed by atoms with Crippen LogP contribution in [0.2, 0.25) is 5.02 Å². The van der Waals surface area contributed by atoms with Crippen LogP contribution in [0.25, 0.3) is 0 Å². The Bertz CT molecular complexity index is 706. The van der Waals surface area contributed by atoms with Gasteiger partial charge in [-0.05, 0) is 18.2 Å². The van der Waals surface area contributed by atoms with E-state index in [1.165, 1.54) is 37.6 Å². The molecule has 7 nitrogen and oxygen atoms in total. The summed E-state index contributed by atoms with van der Waals surface area (Å²) >= 11 is 5.79. The lowest BCUT2D eigenvalue weighted by molar-refractivity contribution is -0.385. The molecule has 2 aromatic rings. The predicted molar refractivity (Wildman–Crippen MR) is 76.8 cm³/mol. The maximum Gasteiger partial charge on any atom is 0.311 e. The van der Waals surface area contributed by atoms with E-state index in [4.69, 9.17) is 16.3 Å². The topological polar surface area (TPSA) is 94.4 Å². The molecule has 0 aliphatic rings. The second-order valence-electron chi connectivity index (χ2n) is 3.93. The number of carbonyl (C=O) groups is 1. The average Bonchev–Trinajstić information content (AvgIpc) is 2.46. The smallest absolute Gasteiger partial charge is 0.311 e. The van der Waals surface area contributed by atoms with Crippen LogP contribution in [-0.2, 0) is 0 Å². The van der Waals surface area contributed by atoms with Crippen LogP contribution in [0.1, 0.15) is 10.4 Å². The minimum atomic E-state index is -0.618. The first-order valence-corrected chi connectivity index (χ1v) is 6.15. The molecule has 8 heteroatoms. The lowest BCUT2D eigenvalue weighted by atomic mass is 10.1. The van der Waals surface area contributed by atoms with Crippen molar-refractivity contribution < 1.29 is 14.5 Å². The van der Waals surface area contributed by atoms with E-state index < -0.39 is 10.8 Å². The fourth-order valence-electron chi connectivity index (χ4n) is 1.72. The number of halogens is 1. The molecule has 0 aliphatic heterocycles. The number of ether oxygens (including phenoxy) is 1. The van der Waals surface area contributed by atoms with Gasteiger partial charge in [0.2, 0.25) is 5.75 Å². The Balaban J connectivity index is 2.35. The number of rotatable bonds is 4. The molecule has 21 heavy (non-hydrogen) atoms. The minimum Gasteiger partial charge on any atom is -0.490 e. The number of nitro benzene ring substituents is 1. The molecule has 0 spiro atoms. The average molecular weight is 308 g/mol. The van der Waals surface area contributed by atoms with Gasteiger partial charge in [-0.1, -0.05) is 17.7 Å². The zero-order valence-corrected chi connectivity index (χ0v) is 11.6. The number of anilines is 1. The fourth-order valence-corrected chi connectivity index (χ4v) is 1.88. The summed E-state index contributed by atoms with van der Waals surface area (Å²) in [5.41, 5.74) is -0.252. The first-order chi connectivity index (χ1) is 10.0. The lowest BCUT2D eigenvalue weighted by Crippen LogP contribution is -2.14. The molecule has 0 bridgehead atoms. The first-order valence-electron chi connectivity index (χ1n) is 5.77. The van der Waals surface area contributed by atoms with Crippen molar-refractivity contribution in [1.82, 2.24) is 4.98 Å². The van der Waals surface area contributed by atoms with E-state index in [0.717, 1.165) is 0 Å². The first kappa shape index (κ1) is 14.7. The largest absolute Gasteiger partial charge is 0.490 e. The standard InChI is InChI=1S/C13H10ClN3O4/c1-21-12-9(3-2-4-10(12)17(19)20)13(18)16-11-7-8(14)5-6-15-11/h2-7H,1H3,(H,15,16,18). The van der Waals surface area contributed by atoms with Gasteiger partial charge >= 0.3 is 5.69 Å². The number of pyridine rings is 1. The highest BCUT2D eigenvalue weighted by molar-refractivity contribution is 6.30. The van der Waals surface area contributed by atoms with E-state index in [0.29, 0.717) is 5.02 Å². The van der Waals surface area contributed by atoms with Gasteiger partial charge in [-0.25, -0.2) is 4.98 Å². The molecular formula is C13H10ClN3O4. The van der Waals surface area contributed by atoms with Gasteiger partial charge in [0.25, 0.3) is 5.91 Å². The molecule has 0 radical (unpaired) electrons. The van der Waals surface area contributed by atoms with Gasteiger partial charge in [-0.2, -0.15) is 0 Å². The van der Waals surface area contributed by atoms with Gasteiger partial charge < -0.3 is 10.1 Å². The van der Waals surface area contributed by atoms with Crippen LogP contribution in [0, 0.1) is 10.1 Å². The number of para-hydroxylation sites is 1. The summed E-state index contributed by atoms with van der Waals surface area (Å²) < 4.78 is 4.97. The summed E-state index contributed by atoms with van der Waals surface area (Å²) in [6.07, 6.45) is 1.43. The maximum absolute atomic E-state index is 12.2. The van der Waals surface area contributed by atoms with E-state index in [1.54, 1.807) is 6.07 Å². The lowest BCUT2D eigenvalue weighted by Gasteiger charge is -2.09. The Morgan fingerprint density at radius 1 is 1.43 bits per heavy atom. The Hall–Kier alpha value is -2.67. The van der Waals surface area contributed by atoms with Crippen LogP contribution in [0.15, 0.2) is 36.5 Å². The second kappa shape index (κ2) is 6.19. The summed E-state index contributed by atoms with van der Waals surface area (Å²) in [7, 11) is 1.26. The van der Waals surface area contributed by atoms with Crippen LogP contribution in [-0.4, -0.2) is 22.9 Å². The number of hydrogen-bond acceptors (Lipinski definition) is 5. The van der Waals surface area contributed by atoms with Crippen LogP contribution < -0.4 is 10.1 Å². The van der Waals surface area contributed by atoms with E-state index in [2.05, 4.69) is 10.3 Å². The molecule has 108 valence electrons. The van der Waals surface area contributed by atoms with Crippen molar-refractivity contribution in [3.05, 3.63) is 57.2 Å². The molecule has 1 aromatic carbocycles. The van der Waals surface area contributed by atoms with Gasteiger partial charge in [-0.15, -0.1) is 0 Å². The van der Waals surface area contributed by atoms with Crippen molar-refractivity contribution >= 4 is 29.0 Å². The molecule has 0 saturated heterocycles. The molecule has 0 saturated carbocycles. The minimum absolute atomic E-state index is 0.0356. The molecule has 1 heterocycles. The van der Waals surface area contributed by atoms with Crippen molar-refractivity contribution in [1.29, 1.82) is 0 Å². The number of nitro groups is 1. The van der Waals surface area contributed by atoms with Gasteiger partial charge in [-0.3, -0.25) is 14.9 Å². The van der Waals surface area contributed by atoms with E-state index in [-0.39, 0.29) is 22.8 Å². The number of carbonyl (C=O) groups excluding carboxylic acids is 1. The molecule has 0 fully saturated rings. The molecular weight excluding hydrogens is 298 g/mol. The van der Waals surface area contributed by atoms with Crippen molar-refractivity contribution in [3.63, 3.8) is 0 Å². The molecule has 1 N–H and O–H groups in total. The van der Waals surface area contributed by atoms with Crippen LogP contribution in [0.5, 0.6) is 5.75 Å². The van der Waals surface area contributed by atoms with Crippen molar-refractivity contribution in [2.75, 3.05) is 12.4 Å². The number of hydrogen-bond donors (Lipinski definition) is 1. The quantitative estimate of drug-likeness (QED) is 0.692. The number of methoxy groups -OCH3 is 1. The van der Waals surface area contributed by atoms with Gasteiger partial charge in [0, 0.05) is 17.3 Å². The number of amides is 1. The Labute approximate surface area is 124 Å². The SMILES string of the molecule is COc1c(C(=O)Nc2cc(Cl)ccn2)cccc1[N+](=O)[O-]. The molecule has 0 atom stereocenters. The van der Waals surface area contributed by atoms with Crippen molar-refractivity contribution in [3.8, 4) is 5.75 Å². The number of benzene rings is 1. The van der Waals surface area contributed by atoms with Gasteiger partial charge in [0.15, 0.2) is 0 Å². The zero-order valence-electron chi connectivity index (χ0n) is 10.9. The third-order valence-corrected chi connectivity index (χ3v) is 2.84. The Morgan fingerprint density at radius 2 is 2.19 bits per heavy atom. The fraction of sp³-hybridized carbons (Fsp3) is 0.0769. The number of aromatic nitrogens is 1. The molecule has 1 aromatic heterocycles. The van der Waals surface area contributed by atoms with Crippen LogP contribution in [0.4, 0.5) is 11.5 Å². The van der Waals surface area contributed by atoms with Gasteiger partial charge in [0.05, 0.1) is 17.6 Å². The monoisotopic (exact) mass is 307 g/mol.